The van der Waals surface area contributed by atoms with Crippen LogP contribution in [0.3, 0.4) is 0 Å². The minimum Gasteiger partial charge on any atom is -0.493 e. The average Bonchev–Trinajstić information content (AvgIpc) is 2.39. The van der Waals surface area contributed by atoms with Gasteiger partial charge in [0, 0.05) is 19.1 Å². The lowest BCUT2D eigenvalue weighted by Gasteiger charge is -2.37. The van der Waals surface area contributed by atoms with E-state index in [0.29, 0.717) is 22.5 Å². The molecular weight excluding hydrogens is 262 g/mol. The minimum atomic E-state index is 0.578. The van der Waals surface area contributed by atoms with Crippen LogP contribution in [0.4, 0.5) is 11.4 Å². The van der Waals surface area contributed by atoms with Crippen molar-refractivity contribution in [1.82, 2.24) is 4.90 Å². The Morgan fingerprint density at radius 1 is 1.32 bits per heavy atom. The van der Waals surface area contributed by atoms with E-state index in [1.807, 2.05) is 12.1 Å². The number of nitrogen functional groups attached to an aromatic ring is 1. The van der Waals surface area contributed by atoms with Crippen LogP contribution in [-0.2, 0) is 0 Å². The van der Waals surface area contributed by atoms with Crippen LogP contribution in [0.5, 0.6) is 5.75 Å². The van der Waals surface area contributed by atoms with Gasteiger partial charge in [0.1, 0.15) is 5.02 Å². The smallest absolute Gasteiger partial charge is 0.162 e. The van der Waals surface area contributed by atoms with Crippen LogP contribution >= 0.6 is 11.6 Å². The van der Waals surface area contributed by atoms with Gasteiger partial charge in [0.2, 0.25) is 0 Å². The van der Waals surface area contributed by atoms with Gasteiger partial charge >= 0.3 is 0 Å². The molecule has 0 aliphatic carbocycles. The Bertz CT molecular complexity index is 443. The number of rotatable bonds is 3. The number of nitrogens with zero attached hydrogens (tertiary/aromatic N) is 2. The molecule has 0 radical (unpaired) electrons. The first-order valence-electron chi connectivity index (χ1n) is 6.58. The lowest BCUT2D eigenvalue weighted by atomic mass is 10.0. The molecule has 1 fully saturated rings. The Hall–Kier alpha value is -1.13. The Morgan fingerprint density at radius 2 is 1.95 bits per heavy atom. The van der Waals surface area contributed by atoms with E-state index in [0.717, 1.165) is 31.6 Å². The molecule has 0 atom stereocenters. The van der Waals surface area contributed by atoms with Crippen LogP contribution in [0.1, 0.15) is 12.8 Å². The molecule has 0 amide bonds. The predicted molar refractivity (Wildman–Crippen MR) is 81.3 cm³/mol. The van der Waals surface area contributed by atoms with E-state index in [9.17, 15) is 0 Å². The molecule has 1 saturated heterocycles. The van der Waals surface area contributed by atoms with Crippen molar-refractivity contribution in [3.63, 3.8) is 0 Å². The monoisotopic (exact) mass is 283 g/mol. The molecule has 2 N–H and O–H groups in total. The van der Waals surface area contributed by atoms with Crippen molar-refractivity contribution in [2.75, 3.05) is 44.9 Å². The fourth-order valence-corrected chi connectivity index (χ4v) is 3.00. The molecule has 2 rings (SSSR count). The Kier molecular flexibility index (Phi) is 4.42. The Balaban J connectivity index is 2.16. The molecule has 106 valence electrons. The molecule has 0 bridgehead atoms. The molecule has 5 heteroatoms. The highest BCUT2D eigenvalue weighted by atomic mass is 35.5. The number of ether oxygens (including phenoxy) is 1. The van der Waals surface area contributed by atoms with Crippen molar-refractivity contribution in [1.29, 1.82) is 0 Å². The highest BCUT2D eigenvalue weighted by molar-refractivity contribution is 6.35. The van der Waals surface area contributed by atoms with Gasteiger partial charge in [-0.2, -0.15) is 0 Å². The lowest BCUT2D eigenvalue weighted by molar-refractivity contribution is 0.249. The maximum atomic E-state index is 6.39. The fraction of sp³-hybridized carbons (Fsp3) is 0.571. The second-order valence-corrected chi connectivity index (χ2v) is 5.58. The number of hydrogen-bond acceptors (Lipinski definition) is 4. The van der Waals surface area contributed by atoms with Gasteiger partial charge in [-0.05, 0) is 39.1 Å². The van der Waals surface area contributed by atoms with Gasteiger partial charge in [-0.25, -0.2) is 0 Å². The number of hydrogen-bond donors (Lipinski definition) is 1. The topological polar surface area (TPSA) is 41.7 Å². The zero-order valence-corrected chi connectivity index (χ0v) is 12.6. The normalized spacial score (nSPS) is 17.0. The first-order chi connectivity index (χ1) is 9.04. The van der Waals surface area contributed by atoms with E-state index >= 15 is 0 Å². The first kappa shape index (κ1) is 14.3. The summed E-state index contributed by atoms with van der Waals surface area (Å²) in [5.74, 6) is 0.578. The summed E-state index contributed by atoms with van der Waals surface area (Å²) in [5.41, 5.74) is 7.46. The third kappa shape index (κ3) is 2.90. The maximum Gasteiger partial charge on any atom is 0.162 e. The Morgan fingerprint density at radius 3 is 2.47 bits per heavy atom. The van der Waals surface area contributed by atoms with Crippen LogP contribution in [-0.4, -0.2) is 45.2 Å². The van der Waals surface area contributed by atoms with E-state index < -0.39 is 0 Å². The summed E-state index contributed by atoms with van der Waals surface area (Å²) in [6, 6.07) is 4.50. The summed E-state index contributed by atoms with van der Waals surface area (Å²) >= 11 is 6.39. The Labute approximate surface area is 120 Å². The number of benzene rings is 1. The van der Waals surface area contributed by atoms with Crippen LogP contribution in [0, 0.1) is 0 Å². The standard InChI is InChI=1S/C14H22ClN3O/c1-17(2)10-6-8-18(9-7-10)12-5-4-11(16)14(19-3)13(12)15/h4-5,10H,6-9,16H2,1-3H3. The summed E-state index contributed by atoms with van der Waals surface area (Å²) in [6.45, 7) is 2.02. The molecule has 0 spiro atoms. The minimum absolute atomic E-state index is 0.578. The van der Waals surface area contributed by atoms with Gasteiger partial charge < -0.3 is 20.3 Å². The number of methoxy groups -OCH3 is 1. The van der Waals surface area contributed by atoms with Gasteiger partial charge in [-0.1, -0.05) is 11.6 Å². The van der Waals surface area contributed by atoms with Crippen molar-refractivity contribution in [2.45, 2.75) is 18.9 Å². The quantitative estimate of drug-likeness (QED) is 0.866. The summed E-state index contributed by atoms with van der Waals surface area (Å²) in [5, 5.41) is 0.616. The van der Waals surface area contributed by atoms with Crippen LogP contribution in [0.15, 0.2) is 12.1 Å². The highest BCUT2D eigenvalue weighted by Crippen LogP contribution is 2.39. The summed E-state index contributed by atoms with van der Waals surface area (Å²) in [7, 11) is 5.87. The summed E-state index contributed by atoms with van der Waals surface area (Å²) in [4.78, 5) is 4.60. The molecule has 1 heterocycles. The van der Waals surface area contributed by atoms with Crippen LogP contribution < -0.4 is 15.4 Å². The van der Waals surface area contributed by atoms with Crippen molar-refractivity contribution in [2.24, 2.45) is 0 Å². The maximum absolute atomic E-state index is 6.39. The lowest BCUT2D eigenvalue weighted by Crippen LogP contribution is -2.42. The molecule has 0 saturated carbocycles. The van der Waals surface area contributed by atoms with Gasteiger partial charge in [0.25, 0.3) is 0 Å². The zero-order chi connectivity index (χ0) is 14.0. The third-order valence-corrected chi connectivity index (χ3v) is 4.21. The molecule has 4 nitrogen and oxygen atoms in total. The molecule has 1 aliphatic rings. The van der Waals surface area contributed by atoms with Gasteiger partial charge in [-0.3, -0.25) is 0 Å². The fourth-order valence-electron chi connectivity index (χ4n) is 2.64. The summed E-state index contributed by atoms with van der Waals surface area (Å²) < 4.78 is 5.27. The molecule has 19 heavy (non-hydrogen) atoms. The van der Waals surface area contributed by atoms with Gasteiger partial charge in [0.05, 0.1) is 18.5 Å². The van der Waals surface area contributed by atoms with E-state index in [4.69, 9.17) is 22.1 Å². The second kappa shape index (κ2) is 5.88. The van der Waals surface area contributed by atoms with Crippen LogP contribution in [0.25, 0.3) is 0 Å². The first-order valence-corrected chi connectivity index (χ1v) is 6.95. The molecule has 0 aromatic heterocycles. The van der Waals surface area contributed by atoms with Crippen molar-refractivity contribution >= 4 is 23.0 Å². The number of halogens is 1. The number of nitrogens with two attached hydrogens (primary N) is 1. The molecule has 1 aliphatic heterocycles. The van der Waals surface area contributed by atoms with Crippen molar-refractivity contribution in [3.8, 4) is 5.75 Å². The predicted octanol–water partition coefficient (Wildman–Crippen LogP) is 2.46. The largest absolute Gasteiger partial charge is 0.493 e. The second-order valence-electron chi connectivity index (χ2n) is 5.20. The van der Waals surface area contributed by atoms with E-state index in [-0.39, 0.29) is 0 Å². The zero-order valence-electron chi connectivity index (χ0n) is 11.8. The van der Waals surface area contributed by atoms with E-state index in [2.05, 4.69) is 23.9 Å². The molecular formula is C14H22ClN3O. The summed E-state index contributed by atoms with van der Waals surface area (Å²) in [6.07, 6.45) is 2.30. The third-order valence-electron chi connectivity index (χ3n) is 3.85. The van der Waals surface area contributed by atoms with Gasteiger partial charge in [0.15, 0.2) is 5.75 Å². The van der Waals surface area contributed by atoms with Crippen molar-refractivity contribution < 1.29 is 4.74 Å². The molecule has 1 aromatic rings. The number of piperidine rings is 1. The molecule has 1 aromatic carbocycles. The van der Waals surface area contributed by atoms with E-state index in [1.54, 1.807) is 7.11 Å². The number of anilines is 2. The molecule has 0 unspecified atom stereocenters. The average molecular weight is 284 g/mol. The SMILES string of the molecule is COc1c(N)ccc(N2CCC(N(C)C)CC2)c1Cl. The van der Waals surface area contributed by atoms with Crippen molar-refractivity contribution in [3.05, 3.63) is 17.2 Å². The van der Waals surface area contributed by atoms with Gasteiger partial charge in [-0.15, -0.1) is 0 Å². The van der Waals surface area contributed by atoms with E-state index in [1.165, 1.54) is 0 Å². The van der Waals surface area contributed by atoms with Crippen LogP contribution in [0.2, 0.25) is 5.02 Å². The highest BCUT2D eigenvalue weighted by Gasteiger charge is 2.23.